The Labute approximate surface area is 178 Å². The molecule has 0 aliphatic carbocycles. The Hall–Kier alpha value is -3.33. The van der Waals surface area contributed by atoms with Gasteiger partial charge in [-0.15, -0.1) is 11.3 Å². The number of benzene rings is 1. The number of anilines is 1. The topological polar surface area (TPSA) is 82.8 Å². The van der Waals surface area contributed by atoms with Gasteiger partial charge in [0, 0.05) is 23.4 Å². The number of hydrogen-bond donors (Lipinski definition) is 1. The summed E-state index contributed by atoms with van der Waals surface area (Å²) in [6, 6.07) is 7.98. The minimum atomic E-state index is 0.502. The Bertz CT molecular complexity index is 1130. The van der Waals surface area contributed by atoms with Gasteiger partial charge in [-0.2, -0.15) is 14.6 Å². The molecule has 0 aliphatic heterocycles. The molecule has 0 amide bonds. The van der Waals surface area contributed by atoms with Crippen molar-refractivity contribution in [1.82, 2.24) is 19.6 Å². The summed E-state index contributed by atoms with van der Waals surface area (Å²) in [5, 5.41) is 9.94. The van der Waals surface area contributed by atoms with Crippen LogP contribution in [0, 0.1) is 6.92 Å². The second kappa shape index (κ2) is 8.58. The maximum Gasteiger partial charge on any atom is 0.227 e. The molecule has 1 N–H and O–H groups in total. The van der Waals surface area contributed by atoms with Gasteiger partial charge in [-0.1, -0.05) is 6.07 Å². The fourth-order valence-corrected chi connectivity index (χ4v) is 4.02. The summed E-state index contributed by atoms with van der Waals surface area (Å²) in [5.41, 5.74) is 2.84. The molecule has 3 heterocycles. The fraction of sp³-hybridized carbons (Fsp3) is 0.286. The van der Waals surface area contributed by atoms with E-state index in [0.717, 1.165) is 23.2 Å². The van der Waals surface area contributed by atoms with Crippen molar-refractivity contribution in [3.8, 4) is 17.2 Å². The van der Waals surface area contributed by atoms with Crippen LogP contribution in [0.15, 0.2) is 35.8 Å². The third-order valence-electron chi connectivity index (χ3n) is 4.67. The normalized spacial score (nSPS) is 10.9. The van der Waals surface area contributed by atoms with Crippen molar-refractivity contribution >= 4 is 22.9 Å². The van der Waals surface area contributed by atoms with Crippen LogP contribution in [-0.2, 0) is 13.0 Å². The number of aryl methyl sites for hydroxylation is 1. The first-order chi connectivity index (χ1) is 14.6. The Balaban J connectivity index is 1.62. The lowest BCUT2D eigenvalue weighted by atomic mass is 10.2. The predicted molar refractivity (Wildman–Crippen MR) is 116 cm³/mol. The number of rotatable bonds is 8. The van der Waals surface area contributed by atoms with E-state index in [-0.39, 0.29) is 0 Å². The van der Waals surface area contributed by atoms with Crippen molar-refractivity contribution < 1.29 is 14.2 Å². The molecule has 4 rings (SSSR count). The van der Waals surface area contributed by atoms with E-state index in [1.165, 1.54) is 4.88 Å². The molecule has 0 atom stereocenters. The Morgan fingerprint density at radius 1 is 1.07 bits per heavy atom. The molecule has 0 spiro atoms. The van der Waals surface area contributed by atoms with Crippen molar-refractivity contribution in [3.63, 3.8) is 0 Å². The summed E-state index contributed by atoms with van der Waals surface area (Å²) in [7, 11) is 4.79. The molecule has 0 saturated heterocycles. The van der Waals surface area contributed by atoms with Crippen LogP contribution in [-0.4, -0.2) is 40.9 Å². The first kappa shape index (κ1) is 20.0. The van der Waals surface area contributed by atoms with Crippen LogP contribution in [0.3, 0.4) is 0 Å². The minimum Gasteiger partial charge on any atom is -0.493 e. The lowest BCUT2D eigenvalue weighted by Gasteiger charge is -2.15. The largest absolute Gasteiger partial charge is 0.493 e. The van der Waals surface area contributed by atoms with Gasteiger partial charge < -0.3 is 19.5 Å². The summed E-state index contributed by atoms with van der Waals surface area (Å²) in [6.45, 7) is 2.38. The molecule has 0 bridgehead atoms. The fourth-order valence-electron chi connectivity index (χ4n) is 3.29. The first-order valence-corrected chi connectivity index (χ1v) is 10.3. The minimum absolute atomic E-state index is 0.502. The van der Waals surface area contributed by atoms with Crippen LogP contribution < -0.4 is 19.5 Å². The van der Waals surface area contributed by atoms with Crippen LogP contribution in [0.4, 0.5) is 5.95 Å². The third kappa shape index (κ3) is 3.88. The van der Waals surface area contributed by atoms with Crippen molar-refractivity contribution in [2.24, 2.45) is 0 Å². The lowest BCUT2D eigenvalue weighted by molar-refractivity contribution is 0.324. The Morgan fingerprint density at radius 3 is 2.47 bits per heavy atom. The summed E-state index contributed by atoms with van der Waals surface area (Å²) in [4.78, 5) is 10.4. The average molecular weight is 426 g/mol. The van der Waals surface area contributed by atoms with Gasteiger partial charge in [0.15, 0.2) is 17.1 Å². The number of hydrogen-bond acceptors (Lipinski definition) is 8. The molecule has 156 valence electrons. The van der Waals surface area contributed by atoms with Crippen molar-refractivity contribution in [1.29, 1.82) is 0 Å². The molecule has 0 saturated carbocycles. The van der Waals surface area contributed by atoms with Crippen molar-refractivity contribution in [2.45, 2.75) is 19.9 Å². The van der Waals surface area contributed by atoms with Gasteiger partial charge >= 0.3 is 0 Å². The second-order valence-corrected chi connectivity index (χ2v) is 7.68. The molecule has 8 nitrogen and oxygen atoms in total. The molecule has 0 radical (unpaired) electrons. The molecule has 0 aliphatic rings. The Morgan fingerprint density at radius 2 is 1.83 bits per heavy atom. The zero-order valence-corrected chi connectivity index (χ0v) is 18.1. The van der Waals surface area contributed by atoms with E-state index in [1.807, 2.05) is 25.3 Å². The van der Waals surface area contributed by atoms with Crippen LogP contribution in [0.5, 0.6) is 17.2 Å². The molecule has 4 aromatic rings. The van der Waals surface area contributed by atoms with Crippen molar-refractivity contribution in [2.75, 3.05) is 26.6 Å². The van der Waals surface area contributed by atoms with Crippen LogP contribution in [0.2, 0.25) is 0 Å². The van der Waals surface area contributed by atoms with Crippen LogP contribution >= 0.6 is 11.3 Å². The summed E-state index contributed by atoms with van der Waals surface area (Å²) < 4.78 is 18.0. The van der Waals surface area contributed by atoms with Crippen LogP contribution in [0.1, 0.15) is 21.8 Å². The second-order valence-electron chi connectivity index (χ2n) is 6.64. The number of ether oxygens (including phenoxy) is 3. The highest BCUT2D eigenvalue weighted by atomic mass is 32.1. The van der Waals surface area contributed by atoms with E-state index in [0.29, 0.717) is 35.6 Å². The molecular weight excluding hydrogens is 402 g/mol. The van der Waals surface area contributed by atoms with E-state index in [1.54, 1.807) is 37.2 Å². The molecule has 9 heteroatoms. The average Bonchev–Trinajstić information content (AvgIpc) is 3.41. The van der Waals surface area contributed by atoms with Gasteiger partial charge in [0.25, 0.3) is 0 Å². The van der Waals surface area contributed by atoms with Gasteiger partial charge in [-0.05, 0) is 36.1 Å². The standard InChI is InChI=1S/C21H23N5O3S/c1-13-24-20-15(10-16-6-5-7-30-16)12-23-26(20)21(25-13)22-11-14-8-17(27-2)19(29-4)18(9-14)28-3/h5-9,12H,10-11H2,1-4H3,(H,22,24,25). The van der Waals surface area contributed by atoms with E-state index in [4.69, 9.17) is 14.2 Å². The zero-order chi connectivity index (χ0) is 21.1. The quantitative estimate of drug-likeness (QED) is 0.461. The number of methoxy groups -OCH3 is 3. The summed E-state index contributed by atoms with van der Waals surface area (Å²) in [5.74, 6) is 3.09. The smallest absolute Gasteiger partial charge is 0.227 e. The summed E-state index contributed by atoms with van der Waals surface area (Å²) in [6.07, 6.45) is 2.65. The van der Waals surface area contributed by atoms with Gasteiger partial charge in [0.05, 0.1) is 27.5 Å². The number of nitrogens with one attached hydrogen (secondary N) is 1. The predicted octanol–water partition coefficient (Wildman–Crippen LogP) is 3.72. The zero-order valence-electron chi connectivity index (χ0n) is 17.3. The van der Waals surface area contributed by atoms with E-state index in [9.17, 15) is 0 Å². The summed E-state index contributed by atoms with van der Waals surface area (Å²) >= 11 is 1.73. The molecular formula is C21H23N5O3S. The number of nitrogens with zero attached hydrogens (tertiary/aromatic N) is 4. The maximum absolute atomic E-state index is 5.44. The maximum atomic E-state index is 5.44. The molecule has 0 fully saturated rings. The molecule has 3 aromatic heterocycles. The molecule has 30 heavy (non-hydrogen) atoms. The van der Waals surface area contributed by atoms with Gasteiger partial charge in [0.2, 0.25) is 11.7 Å². The SMILES string of the molecule is COc1cc(CNc2nc(C)nc3c(Cc4cccs4)cnn23)cc(OC)c1OC. The number of fused-ring (bicyclic) bond motifs is 1. The Kier molecular flexibility index (Phi) is 5.71. The number of thiophene rings is 1. The van der Waals surface area contributed by atoms with E-state index < -0.39 is 0 Å². The lowest BCUT2D eigenvalue weighted by Crippen LogP contribution is -2.10. The molecule has 1 aromatic carbocycles. The van der Waals surface area contributed by atoms with E-state index in [2.05, 4.69) is 37.9 Å². The van der Waals surface area contributed by atoms with Crippen LogP contribution in [0.25, 0.3) is 5.65 Å². The monoisotopic (exact) mass is 425 g/mol. The van der Waals surface area contributed by atoms with Crippen molar-refractivity contribution in [3.05, 3.63) is 57.7 Å². The van der Waals surface area contributed by atoms with Gasteiger partial charge in [-0.25, -0.2) is 4.98 Å². The highest BCUT2D eigenvalue weighted by Crippen LogP contribution is 2.38. The third-order valence-corrected chi connectivity index (χ3v) is 5.55. The van der Waals surface area contributed by atoms with E-state index >= 15 is 0 Å². The van der Waals surface area contributed by atoms with Gasteiger partial charge in [-0.3, -0.25) is 0 Å². The first-order valence-electron chi connectivity index (χ1n) is 9.39. The molecule has 0 unspecified atom stereocenters. The number of aromatic nitrogens is 4. The van der Waals surface area contributed by atoms with Gasteiger partial charge in [0.1, 0.15) is 5.82 Å². The highest BCUT2D eigenvalue weighted by molar-refractivity contribution is 7.09. The highest BCUT2D eigenvalue weighted by Gasteiger charge is 2.15.